The molecule has 0 radical (unpaired) electrons. The van der Waals surface area contributed by atoms with Crippen molar-refractivity contribution < 1.29 is 19.0 Å². The van der Waals surface area contributed by atoms with Crippen molar-refractivity contribution in [2.24, 2.45) is 0 Å². The van der Waals surface area contributed by atoms with Gasteiger partial charge in [-0.05, 0) is 70.7 Å². The van der Waals surface area contributed by atoms with Crippen molar-refractivity contribution in [3.63, 3.8) is 0 Å². The quantitative estimate of drug-likeness (QED) is 0.182. The van der Waals surface area contributed by atoms with Gasteiger partial charge in [-0.2, -0.15) is 0 Å². The summed E-state index contributed by atoms with van der Waals surface area (Å²) in [5.74, 6) is 0. The molecule has 0 amide bonds. The summed E-state index contributed by atoms with van der Waals surface area (Å²) < 4.78 is 23.7. The van der Waals surface area contributed by atoms with Gasteiger partial charge in [0.25, 0.3) is 0 Å². The topological polar surface area (TPSA) is 44.8 Å². The van der Waals surface area contributed by atoms with E-state index in [1.165, 1.54) is 60.5 Å². The number of benzene rings is 3. The first kappa shape index (κ1) is 33.8. The van der Waals surface area contributed by atoms with E-state index < -0.39 is 0 Å². The van der Waals surface area contributed by atoms with Crippen LogP contribution >= 0.6 is 68.0 Å². The molecule has 0 fully saturated rings. The highest BCUT2D eigenvalue weighted by molar-refractivity contribution is 7.22. The Morgan fingerprint density at radius 3 is 0.935 bits per heavy atom. The first-order valence-corrected chi connectivity index (χ1v) is 19.3. The van der Waals surface area contributed by atoms with Crippen LogP contribution in [0.15, 0.2) is 88.9 Å². The van der Waals surface area contributed by atoms with Crippen LogP contribution in [0.3, 0.4) is 0 Å². The van der Waals surface area contributed by atoms with Crippen LogP contribution in [0, 0.1) is 0 Å². The van der Waals surface area contributed by atoms with Crippen molar-refractivity contribution in [3.05, 3.63) is 88.9 Å². The second-order valence-electron chi connectivity index (χ2n) is 9.24. The average molecular weight is 721 g/mol. The Bertz CT molecular complexity index is 2050. The van der Waals surface area contributed by atoms with E-state index in [1.807, 2.05) is 20.6 Å². The minimum Gasteiger partial charge on any atom is -0.487 e. The lowest BCUT2D eigenvalue weighted by atomic mass is 10.2. The lowest BCUT2D eigenvalue weighted by Gasteiger charge is -1.90. The predicted molar refractivity (Wildman–Crippen MR) is 210 cm³/mol. The first-order valence-electron chi connectivity index (χ1n) is 14.3. The number of thiophene rings is 6. The van der Waals surface area contributed by atoms with E-state index in [0.29, 0.717) is 0 Å². The number of carbonyl (C=O) groups excluding carboxylic acids is 1. The maximum Gasteiger partial charge on any atom is 0.174 e. The summed E-state index contributed by atoms with van der Waals surface area (Å²) >= 11 is 10.4. The molecule has 0 aliphatic rings. The van der Waals surface area contributed by atoms with E-state index in [9.17, 15) is 0 Å². The van der Waals surface area contributed by atoms with Crippen LogP contribution in [-0.4, -0.2) is 28.1 Å². The summed E-state index contributed by atoms with van der Waals surface area (Å²) in [6.07, 6.45) is 0. The van der Waals surface area contributed by atoms with Gasteiger partial charge in [0.2, 0.25) is 0 Å². The molecule has 46 heavy (non-hydrogen) atoms. The molecular formula is C36H32O4S6. The molecular weight excluding hydrogens is 689 g/mol. The molecule has 6 heterocycles. The monoisotopic (exact) mass is 720 g/mol. The number of ether oxygens (including phenoxy) is 3. The Kier molecular flexibility index (Phi) is 11.7. The summed E-state index contributed by atoms with van der Waals surface area (Å²) in [7, 11) is 5.15. The number of carbonyl (C=O) groups is 1. The number of hydrogen-bond acceptors (Lipinski definition) is 10. The van der Waals surface area contributed by atoms with Crippen LogP contribution < -0.4 is 14.2 Å². The molecule has 0 atom stereocenters. The molecule has 4 nitrogen and oxygen atoms in total. The summed E-state index contributed by atoms with van der Waals surface area (Å²) in [5, 5.41) is 17.3. The minimum absolute atomic E-state index is 0.985. The molecule has 236 valence electrons. The van der Waals surface area contributed by atoms with Gasteiger partial charge in [-0.3, -0.25) is 0 Å². The highest BCUT2D eigenvalue weighted by Gasteiger charge is 2.08. The van der Waals surface area contributed by atoms with Crippen molar-refractivity contribution in [1.29, 1.82) is 0 Å². The molecule has 9 aromatic rings. The van der Waals surface area contributed by atoms with Crippen LogP contribution in [0.2, 0.25) is 0 Å². The van der Waals surface area contributed by atoms with Gasteiger partial charge in [0, 0.05) is 78.7 Å². The van der Waals surface area contributed by atoms with Gasteiger partial charge in [-0.1, -0.05) is 47.9 Å². The standard InChI is InChI=1S/3C11H8OS2.C2H6.CH2O/c3*1-12-11-6-8-7-4-5-13-9(7)2-3-10(8)14-11;2*1-2/h3*2-6H,1H3;1-2H3;1H2. The van der Waals surface area contributed by atoms with Gasteiger partial charge < -0.3 is 19.0 Å². The first-order chi connectivity index (χ1) is 22.6. The molecule has 10 heteroatoms. The van der Waals surface area contributed by atoms with Crippen LogP contribution in [0.25, 0.3) is 60.5 Å². The summed E-state index contributed by atoms with van der Waals surface area (Å²) in [6.45, 7) is 6.00. The zero-order valence-corrected chi connectivity index (χ0v) is 30.8. The highest BCUT2D eigenvalue weighted by Crippen LogP contribution is 2.39. The van der Waals surface area contributed by atoms with Crippen molar-refractivity contribution in [3.8, 4) is 15.2 Å². The summed E-state index contributed by atoms with van der Waals surface area (Å²) in [6, 6.07) is 25.9. The lowest BCUT2D eigenvalue weighted by Crippen LogP contribution is -1.73. The second kappa shape index (κ2) is 15.9. The Balaban J connectivity index is 0.000000129. The fourth-order valence-electron chi connectivity index (χ4n) is 4.92. The van der Waals surface area contributed by atoms with Crippen molar-refractivity contribution >= 4 is 135 Å². The summed E-state index contributed by atoms with van der Waals surface area (Å²) in [5.41, 5.74) is 0. The predicted octanol–water partition coefficient (Wildman–Crippen LogP) is 13.2. The van der Waals surface area contributed by atoms with Crippen LogP contribution in [0.1, 0.15) is 13.8 Å². The molecule has 0 saturated heterocycles. The molecule has 0 bridgehead atoms. The SMILES string of the molecule is C=O.CC.COc1cc2c(ccc3sccc32)s1.COc1cc2c(ccc3sccc32)s1.COc1cc2c(ccc3sccc32)s1. The smallest absolute Gasteiger partial charge is 0.174 e. The van der Waals surface area contributed by atoms with E-state index in [1.54, 1.807) is 89.4 Å². The van der Waals surface area contributed by atoms with Gasteiger partial charge >= 0.3 is 0 Å². The third kappa shape index (κ3) is 6.92. The molecule has 0 N–H and O–H groups in total. The van der Waals surface area contributed by atoms with Crippen LogP contribution in [0.5, 0.6) is 15.2 Å². The third-order valence-electron chi connectivity index (χ3n) is 6.93. The van der Waals surface area contributed by atoms with Crippen molar-refractivity contribution in [2.75, 3.05) is 21.3 Å². The van der Waals surface area contributed by atoms with E-state index >= 15 is 0 Å². The number of rotatable bonds is 3. The largest absolute Gasteiger partial charge is 0.487 e. The molecule has 0 aliphatic carbocycles. The Labute approximate surface area is 291 Å². The molecule has 0 aliphatic heterocycles. The maximum atomic E-state index is 8.00. The molecule has 3 aromatic carbocycles. The average Bonchev–Trinajstić information content (AvgIpc) is 3.95. The zero-order valence-electron chi connectivity index (χ0n) is 25.9. The highest BCUT2D eigenvalue weighted by atomic mass is 32.1. The van der Waals surface area contributed by atoms with Gasteiger partial charge in [0.1, 0.15) is 6.79 Å². The third-order valence-corrected chi connectivity index (χ3v) is 12.8. The van der Waals surface area contributed by atoms with Crippen LogP contribution in [0.4, 0.5) is 0 Å². The van der Waals surface area contributed by atoms with E-state index in [-0.39, 0.29) is 0 Å². The van der Waals surface area contributed by atoms with Gasteiger partial charge in [0.15, 0.2) is 15.2 Å². The summed E-state index contributed by atoms with van der Waals surface area (Å²) in [4.78, 5) is 8.00. The Hall–Kier alpha value is -3.51. The number of hydrogen-bond donors (Lipinski definition) is 0. The van der Waals surface area contributed by atoms with Crippen molar-refractivity contribution in [1.82, 2.24) is 0 Å². The Morgan fingerprint density at radius 2 is 0.674 bits per heavy atom. The molecule has 0 saturated carbocycles. The Morgan fingerprint density at radius 1 is 0.413 bits per heavy atom. The molecule has 6 aromatic heterocycles. The maximum absolute atomic E-state index is 8.00. The normalized spacial score (nSPS) is 10.5. The lowest BCUT2D eigenvalue weighted by molar-refractivity contribution is -0.0980. The minimum atomic E-state index is 0.985. The molecule has 9 rings (SSSR count). The van der Waals surface area contributed by atoms with Crippen molar-refractivity contribution in [2.45, 2.75) is 13.8 Å². The van der Waals surface area contributed by atoms with E-state index in [2.05, 4.69) is 88.9 Å². The zero-order chi connectivity index (χ0) is 32.6. The fraction of sp³-hybridized carbons (Fsp3) is 0.139. The number of fused-ring (bicyclic) bond motifs is 9. The molecule has 0 unspecified atom stereocenters. The van der Waals surface area contributed by atoms with Gasteiger partial charge in [-0.25, -0.2) is 0 Å². The molecule has 0 spiro atoms. The van der Waals surface area contributed by atoms with Crippen LogP contribution in [-0.2, 0) is 4.79 Å². The van der Waals surface area contributed by atoms with Gasteiger partial charge in [-0.15, -0.1) is 34.0 Å². The van der Waals surface area contributed by atoms with Gasteiger partial charge in [0.05, 0.1) is 21.3 Å². The second-order valence-corrected chi connectivity index (χ2v) is 15.2. The van der Waals surface area contributed by atoms with E-state index in [4.69, 9.17) is 19.0 Å². The van der Waals surface area contributed by atoms with E-state index in [0.717, 1.165) is 15.2 Å². The fourth-order valence-corrected chi connectivity index (χ4v) is 10.0. The number of methoxy groups -OCH3 is 3.